The van der Waals surface area contributed by atoms with E-state index in [9.17, 15) is 30.7 Å². The van der Waals surface area contributed by atoms with Gasteiger partial charge in [-0.3, -0.25) is 9.35 Å². The number of allylic oxidation sites excluding steroid dienone is 6. The summed E-state index contributed by atoms with van der Waals surface area (Å²) in [5.74, 6) is -0.932. The molecular weight excluding hydrogens is 1210 g/mol. The molecule has 28 heteroatoms. The van der Waals surface area contributed by atoms with Crippen molar-refractivity contribution in [1.29, 1.82) is 0 Å². The molecule has 0 saturated carbocycles. The average molecular weight is 1310 g/mol. The summed E-state index contributed by atoms with van der Waals surface area (Å²) in [7, 11) is -4.62. The largest absolute Gasteiger partial charge is 0.744 e. The number of carboxylic acids is 1. The molecule has 0 radical (unpaired) electrons. The van der Waals surface area contributed by atoms with Gasteiger partial charge < -0.3 is 90.3 Å². The van der Waals surface area contributed by atoms with E-state index in [4.69, 9.17) is 80.9 Å². The monoisotopic (exact) mass is 1300 g/mol. The highest BCUT2D eigenvalue weighted by atomic mass is 32.2. The lowest BCUT2D eigenvalue weighted by molar-refractivity contribution is -0.442. The molecule has 89 heavy (non-hydrogen) atoms. The Kier molecular flexibility index (Phi) is 38.5. The van der Waals surface area contributed by atoms with Crippen molar-refractivity contribution in [1.82, 2.24) is 0 Å². The highest BCUT2D eigenvalue weighted by molar-refractivity contribution is 7.86. The molecule has 0 aliphatic carbocycles. The molecule has 0 aromatic heterocycles. The van der Waals surface area contributed by atoms with Crippen LogP contribution in [0.2, 0.25) is 0 Å². The number of methoxy groups -OCH3 is 3. The molecule has 2 N–H and O–H groups in total. The smallest absolute Gasteiger partial charge is 0.305 e. The number of rotatable bonds is 56. The van der Waals surface area contributed by atoms with Crippen LogP contribution in [-0.4, -0.2) is 273 Å². The van der Waals surface area contributed by atoms with Crippen molar-refractivity contribution in [2.45, 2.75) is 53.7 Å². The molecule has 0 amide bonds. The van der Waals surface area contributed by atoms with Crippen molar-refractivity contribution in [2.24, 2.45) is 0 Å². The van der Waals surface area contributed by atoms with Gasteiger partial charge in [0.25, 0.3) is 10.1 Å². The third-order valence-electron chi connectivity index (χ3n) is 14.3. The number of carbonyl (C=O) groups is 1. The zero-order valence-electron chi connectivity index (χ0n) is 52.5. The molecule has 0 saturated heterocycles. The van der Waals surface area contributed by atoms with Crippen LogP contribution in [0.3, 0.4) is 0 Å². The molecule has 2 aliphatic heterocycles. The van der Waals surface area contributed by atoms with Crippen molar-refractivity contribution < 1.29 is 116 Å². The van der Waals surface area contributed by atoms with Crippen LogP contribution in [0.15, 0.2) is 82.3 Å². The van der Waals surface area contributed by atoms with E-state index in [1.807, 2.05) is 48.8 Å². The van der Waals surface area contributed by atoms with E-state index in [1.165, 1.54) is 24.3 Å². The Labute approximate surface area is 525 Å². The number of carboxylic acid groups (broad SMARTS) is 1. The standard InChI is InChI=1S/C61H96N2O24S2/c1-60(16-21-76-32-37-84-44-41-80-28-25-72-3)53-49-51(88(66,67)68)11-13-55(53)62(18-23-78-34-39-86-46-43-82-30-27-74-5)57(60)9-7-6-8-10-58-61(2,17-22-77-33-38-85-45-42-81-29-26-73-4)54-50-52(89(69,70)71)12-14-56(54)63(58)19-24-79-35-40-87-48-47-83-36-31-75-20-15-59(64)65/h6-14,49-50H,15-48H2,1-5H3,(H2-,64,65,66,67,68,69,70,71). The zero-order valence-corrected chi connectivity index (χ0v) is 54.1. The van der Waals surface area contributed by atoms with Crippen LogP contribution >= 0.6 is 0 Å². The van der Waals surface area contributed by atoms with Crippen molar-refractivity contribution in [3.63, 3.8) is 0 Å². The van der Waals surface area contributed by atoms with Gasteiger partial charge in [-0.25, -0.2) is 8.42 Å². The Hall–Kier alpha value is -4.22. The van der Waals surface area contributed by atoms with Crippen LogP contribution in [0.1, 0.15) is 44.2 Å². The Balaban J connectivity index is 1.63. The Morgan fingerprint density at radius 1 is 0.506 bits per heavy atom. The number of nitrogens with zero attached hydrogens (tertiary/aromatic N) is 2. The molecule has 26 nitrogen and oxygen atoms in total. The number of benzene rings is 2. The lowest BCUT2D eigenvalue weighted by Crippen LogP contribution is -2.33. The van der Waals surface area contributed by atoms with Crippen molar-refractivity contribution in [3.05, 3.63) is 83.6 Å². The van der Waals surface area contributed by atoms with E-state index in [-0.39, 0.29) is 75.7 Å². The topological polar surface area (TPSA) is 303 Å². The highest BCUT2D eigenvalue weighted by Gasteiger charge is 2.48. The fourth-order valence-corrected chi connectivity index (χ4v) is 10.6. The maximum Gasteiger partial charge on any atom is 0.305 e. The lowest BCUT2D eigenvalue weighted by atomic mass is 9.76. The maximum absolute atomic E-state index is 12.7. The summed E-state index contributed by atoms with van der Waals surface area (Å²) in [6, 6.07) is 8.95. The second-order valence-corrected chi connectivity index (χ2v) is 23.3. The van der Waals surface area contributed by atoms with Gasteiger partial charge in [0.15, 0.2) is 12.3 Å². The fourth-order valence-electron chi connectivity index (χ4n) is 9.58. The van der Waals surface area contributed by atoms with Crippen molar-refractivity contribution in [2.75, 3.05) is 231 Å². The van der Waals surface area contributed by atoms with Crippen molar-refractivity contribution in [3.8, 4) is 0 Å². The predicted molar refractivity (Wildman–Crippen MR) is 327 cm³/mol. The lowest BCUT2D eigenvalue weighted by Gasteiger charge is -2.30. The van der Waals surface area contributed by atoms with Crippen LogP contribution in [0.5, 0.6) is 0 Å². The summed E-state index contributed by atoms with van der Waals surface area (Å²) < 4.78 is 165. The van der Waals surface area contributed by atoms with Gasteiger partial charge in [0.2, 0.25) is 5.69 Å². The van der Waals surface area contributed by atoms with Gasteiger partial charge in [-0.2, -0.15) is 13.0 Å². The van der Waals surface area contributed by atoms with Crippen LogP contribution in [0.25, 0.3) is 0 Å². The first-order valence-corrected chi connectivity index (χ1v) is 32.8. The normalized spacial score (nSPS) is 17.4. The van der Waals surface area contributed by atoms with Crippen LogP contribution < -0.4 is 4.90 Å². The van der Waals surface area contributed by atoms with Gasteiger partial charge in [0.1, 0.15) is 16.7 Å². The van der Waals surface area contributed by atoms with Crippen LogP contribution in [0, 0.1) is 0 Å². The molecule has 0 spiro atoms. The molecule has 0 bridgehead atoms. The molecule has 2 aromatic rings. The van der Waals surface area contributed by atoms with Crippen molar-refractivity contribution >= 4 is 43.3 Å². The predicted octanol–water partition coefficient (Wildman–Crippen LogP) is 4.38. The average Bonchev–Trinajstić information content (AvgIpc) is 1.75. The van der Waals surface area contributed by atoms with E-state index in [0.29, 0.717) is 175 Å². The molecule has 0 fully saturated rings. The van der Waals surface area contributed by atoms with Gasteiger partial charge in [-0.15, -0.1) is 0 Å². The summed E-state index contributed by atoms with van der Waals surface area (Å²) in [5.41, 5.74) is 2.52. The first kappa shape index (κ1) is 77.2. The maximum atomic E-state index is 12.7. The minimum Gasteiger partial charge on any atom is -0.744 e. The molecular formula is C61H96N2O24S2. The van der Waals surface area contributed by atoms with E-state index < -0.39 is 37.0 Å². The Morgan fingerprint density at radius 3 is 1.36 bits per heavy atom. The Bertz CT molecular complexity index is 2670. The molecule has 2 unspecified atom stereocenters. The summed E-state index contributed by atoms with van der Waals surface area (Å²) in [4.78, 5) is 12.1. The summed E-state index contributed by atoms with van der Waals surface area (Å²) in [5, 5.41) is 8.75. The third-order valence-corrected chi connectivity index (χ3v) is 15.9. The molecule has 506 valence electrons. The number of anilines is 1. The molecule has 4 rings (SSSR count). The fraction of sp³-hybridized carbons (Fsp3) is 0.672. The molecule has 2 heterocycles. The third kappa shape index (κ3) is 28.7. The second kappa shape index (κ2) is 44.3. The number of hydrogen-bond acceptors (Lipinski definition) is 23. The minimum atomic E-state index is -4.85. The number of hydrogen-bond donors (Lipinski definition) is 2. The number of aliphatic carboxylic acids is 1. The van der Waals surface area contributed by atoms with E-state index in [2.05, 4.69) is 4.90 Å². The minimum absolute atomic E-state index is 0.0793. The number of fused-ring (bicyclic) bond motifs is 2. The van der Waals surface area contributed by atoms with Crippen LogP contribution in [0.4, 0.5) is 11.4 Å². The first-order chi connectivity index (χ1) is 43.0. The zero-order chi connectivity index (χ0) is 64.5. The van der Waals surface area contributed by atoms with E-state index in [1.54, 1.807) is 33.5 Å². The number of ether oxygens (including phenoxy) is 16. The van der Waals surface area contributed by atoms with Gasteiger partial charge in [-0.05, 0) is 68.7 Å². The summed E-state index contributed by atoms with van der Waals surface area (Å²) in [6.07, 6.45) is 10.2. The van der Waals surface area contributed by atoms with E-state index >= 15 is 0 Å². The van der Waals surface area contributed by atoms with E-state index in [0.717, 1.165) is 17.1 Å². The quantitative estimate of drug-likeness (QED) is 0.0402. The van der Waals surface area contributed by atoms with Gasteiger partial charge in [0, 0.05) is 75.6 Å². The second-order valence-electron chi connectivity index (χ2n) is 20.5. The highest BCUT2D eigenvalue weighted by Crippen LogP contribution is 2.51. The van der Waals surface area contributed by atoms with Gasteiger partial charge >= 0.3 is 5.97 Å². The molecule has 2 atom stereocenters. The van der Waals surface area contributed by atoms with Gasteiger partial charge in [0.05, 0.1) is 193 Å². The molecule has 2 aliphatic rings. The SMILES string of the molecule is COCCOCCOCCOCCN1C(=CC=CC=CC2=[N+](CCOCCOCCOCCOCCC(=O)O)c3ccc(S(=O)(=O)[O-])cc3C2(C)CCOCCOCCOCCOC)C(C)(CCOCCOCCOCCOC)c2cc(S(=O)(=O)O)ccc21. The first-order valence-electron chi connectivity index (χ1n) is 29.9. The Morgan fingerprint density at radius 2 is 0.910 bits per heavy atom. The molecule has 2 aromatic carbocycles. The summed E-state index contributed by atoms with van der Waals surface area (Å²) in [6.45, 7) is 14.6. The summed E-state index contributed by atoms with van der Waals surface area (Å²) >= 11 is 0. The van der Waals surface area contributed by atoms with Gasteiger partial charge in [-0.1, -0.05) is 18.2 Å². The van der Waals surface area contributed by atoms with Crippen LogP contribution in [-0.2, 0) is 112 Å².